The van der Waals surface area contributed by atoms with E-state index >= 15 is 0 Å². The van der Waals surface area contributed by atoms with Crippen LogP contribution in [0.2, 0.25) is 0 Å². The molecule has 2 heteroatoms. The molecule has 0 aromatic heterocycles. The van der Waals surface area contributed by atoms with Gasteiger partial charge in [0.1, 0.15) is 5.75 Å². The van der Waals surface area contributed by atoms with Crippen LogP contribution in [0.3, 0.4) is 0 Å². The topological polar surface area (TPSA) is 20.2 Å². The highest BCUT2D eigenvalue weighted by Crippen LogP contribution is 2.19. The molecule has 0 saturated heterocycles. The summed E-state index contributed by atoms with van der Waals surface area (Å²) >= 11 is 0. The molecule has 1 nitrogen and oxygen atoms in total. The summed E-state index contributed by atoms with van der Waals surface area (Å²) in [6.07, 6.45) is 12.1. The maximum atomic E-state index is 9.81. The maximum absolute atomic E-state index is 9.81. The van der Waals surface area contributed by atoms with Crippen LogP contribution in [0.15, 0.2) is 134 Å². The van der Waals surface area contributed by atoms with E-state index in [2.05, 4.69) is 97.6 Å². The summed E-state index contributed by atoms with van der Waals surface area (Å²) in [6, 6.07) is 31.4. The van der Waals surface area contributed by atoms with Crippen molar-refractivity contribution in [2.24, 2.45) is 0 Å². The molecular formula is C31H27BO. The number of fused-ring (bicyclic) bond motifs is 1. The summed E-state index contributed by atoms with van der Waals surface area (Å²) in [5, 5.41) is 12.0. The quantitative estimate of drug-likeness (QED) is 0.294. The van der Waals surface area contributed by atoms with Crippen molar-refractivity contribution in [2.75, 3.05) is 0 Å². The molecule has 0 heterocycles. The molecule has 33 heavy (non-hydrogen) atoms. The fourth-order valence-corrected chi connectivity index (χ4v) is 4.14. The molecule has 0 aliphatic carbocycles. The second-order valence-corrected chi connectivity index (χ2v) is 8.04. The predicted octanol–water partition coefficient (Wildman–Crippen LogP) is 5.76. The highest BCUT2D eigenvalue weighted by molar-refractivity contribution is 6.95. The molecular weight excluding hydrogens is 399 g/mol. The Labute approximate surface area is 196 Å². The van der Waals surface area contributed by atoms with Crippen molar-refractivity contribution in [3.05, 3.63) is 139 Å². The lowest BCUT2D eigenvalue weighted by Gasteiger charge is -2.16. The van der Waals surface area contributed by atoms with Crippen molar-refractivity contribution in [1.29, 1.82) is 0 Å². The molecule has 0 saturated carbocycles. The maximum Gasteiger partial charge on any atom is 0.241 e. The molecule has 0 bridgehead atoms. The van der Waals surface area contributed by atoms with Crippen LogP contribution in [0.5, 0.6) is 5.75 Å². The van der Waals surface area contributed by atoms with Gasteiger partial charge in [-0.3, -0.25) is 0 Å². The van der Waals surface area contributed by atoms with Gasteiger partial charge in [0.25, 0.3) is 0 Å². The average Bonchev–Trinajstić information content (AvgIpc) is 2.84. The molecule has 0 fully saturated rings. The van der Waals surface area contributed by atoms with Gasteiger partial charge in [0.2, 0.25) is 6.71 Å². The number of phenolic OH excluding ortho intramolecular Hbond substituents is 1. The summed E-state index contributed by atoms with van der Waals surface area (Å²) in [4.78, 5) is 0. The van der Waals surface area contributed by atoms with Gasteiger partial charge in [-0.1, -0.05) is 138 Å². The number of benzene rings is 4. The van der Waals surface area contributed by atoms with Crippen molar-refractivity contribution in [3.8, 4) is 5.75 Å². The molecule has 4 aromatic rings. The standard InChI is InChI=1S/C31H27BO/c1-3-8-24(9-4-2)12-13-25-14-18-29(19-15-25)32(28-10-6-5-7-11-28)30-20-16-27-23-31(33)21-17-26(27)22-30/h3-23,33H,1H2,2H3/b9-4-,13-12+,24-8+. The van der Waals surface area contributed by atoms with Crippen LogP contribution in [0.1, 0.15) is 12.5 Å². The van der Waals surface area contributed by atoms with Gasteiger partial charge in [0, 0.05) is 0 Å². The highest BCUT2D eigenvalue weighted by Gasteiger charge is 2.21. The summed E-state index contributed by atoms with van der Waals surface area (Å²) in [7, 11) is 0. The first kappa shape index (κ1) is 22.2. The van der Waals surface area contributed by atoms with Crippen molar-refractivity contribution in [2.45, 2.75) is 6.92 Å². The zero-order valence-corrected chi connectivity index (χ0v) is 18.9. The monoisotopic (exact) mass is 426 g/mol. The lowest BCUT2D eigenvalue weighted by atomic mass is 9.37. The smallest absolute Gasteiger partial charge is 0.241 e. The van der Waals surface area contributed by atoms with Gasteiger partial charge in [0.15, 0.2) is 0 Å². The third-order valence-electron chi connectivity index (χ3n) is 5.72. The molecule has 0 spiro atoms. The van der Waals surface area contributed by atoms with Crippen LogP contribution in [-0.4, -0.2) is 11.8 Å². The van der Waals surface area contributed by atoms with Crippen molar-refractivity contribution in [1.82, 2.24) is 0 Å². The summed E-state index contributed by atoms with van der Waals surface area (Å²) < 4.78 is 0. The largest absolute Gasteiger partial charge is 0.508 e. The third-order valence-corrected chi connectivity index (χ3v) is 5.72. The van der Waals surface area contributed by atoms with Crippen LogP contribution < -0.4 is 16.4 Å². The Morgan fingerprint density at radius 2 is 1.42 bits per heavy atom. The molecule has 0 unspecified atom stereocenters. The van der Waals surface area contributed by atoms with E-state index in [1.807, 2.05) is 25.1 Å². The minimum Gasteiger partial charge on any atom is -0.508 e. The van der Waals surface area contributed by atoms with Crippen LogP contribution in [0, 0.1) is 0 Å². The zero-order chi connectivity index (χ0) is 23.0. The zero-order valence-electron chi connectivity index (χ0n) is 18.9. The number of hydrogen-bond acceptors (Lipinski definition) is 1. The fourth-order valence-electron chi connectivity index (χ4n) is 4.14. The first-order valence-electron chi connectivity index (χ1n) is 11.2. The minimum atomic E-state index is 0.127. The highest BCUT2D eigenvalue weighted by atomic mass is 16.3. The molecule has 160 valence electrons. The molecule has 1 N–H and O–H groups in total. The van der Waals surface area contributed by atoms with Crippen LogP contribution in [0.4, 0.5) is 0 Å². The Hall–Kier alpha value is -4.04. The number of hydrogen-bond donors (Lipinski definition) is 1. The Balaban J connectivity index is 1.71. The normalized spacial score (nSPS) is 12.0. The van der Waals surface area contributed by atoms with E-state index in [-0.39, 0.29) is 6.71 Å². The van der Waals surface area contributed by atoms with Gasteiger partial charge in [-0.05, 0) is 41.0 Å². The van der Waals surface area contributed by atoms with Crippen molar-refractivity contribution < 1.29 is 5.11 Å². The van der Waals surface area contributed by atoms with E-state index in [9.17, 15) is 5.11 Å². The van der Waals surface area contributed by atoms with E-state index in [0.29, 0.717) is 5.75 Å². The number of rotatable bonds is 7. The lowest BCUT2D eigenvalue weighted by molar-refractivity contribution is 0.476. The Bertz CT molecular complexity index is 1330. The predicted molar refractivity (Wildman–Crippen MR) is 145 cm³/mol. The molecule has 4 aromatic carbocycles. The second kappa shape index (κ2) is 10.5. The van der Waals surface area contributed by atoms with Gasteiger partial charge >= 0.3 is 0 Å². The Morgan fingerprint density at radius 1 is 0.758 bits per heavy atom. The lowest BCUT2D eigenvalue weighted by Crippen LogP contribution is -2.51. The molecule has 0 radical (unpaired) electrons. The molecule has 4 rings (SSSR count). The average molecular weight is 426 g/mol. The molecule has 0 aliphatic rings. The van der Waals surface area contributed by atoms with E-state index < -0.39 is 0 Å². The first-order valence-corrected chi connectivity index (χ1v) is 11.2. The van der Waals surface area contributed by atoms with Crippen LogP contribution in [0.25, 0.3) is 16.8 Å². The van der Waals surface area contributed by atoms with Crippen molar-refractivity contribution in [3.63, 3.8) is 0 Å². The third kappa shape index (κ3) is 5.42. The Morgan fingerprint density at radius 3 is 2.15 bits per heavy atom. The molecule has 0 atom stereocenters. The molecule has 0 aliphatic heterocycles. The van der Waals surface area contributed by atoms with Gasteiger partial charge in [0.05, 0.1) is 0 Å². The minimum absolute atomic E-state index is 0.127. The van der Waals surface area contributed by atoms with Gasteiger partial charge in [-0.15, -0.1) is 0 Å². The first-order chi connectivity index (χ1) is 16.2. The fraction of sp³-hybridized carbons (Fsp3) is 0.0323. The van der Waals surface area contributed by atoms with Crippen LogP contribution >= 0.6 is 0 Å². The van der Waals surface area contributed by atoms with E-state index in [1.54, 1.807) is 18.2 Å². The van der Waals surface area contributed by atoms with Crippen molar-refractivity contribution >= 4 is 39.9 Å². The van der Waals surface area contributed by atoms with E-state index in [1.165, 1.54) is 16.4 Å². The van der Waals surface area contributed by atoms with Crippen LogP contribution in [-0.2, 0) is 0 Å². The second-order valence-electron chi connectivity index (χ2n) is 8.04. The number of aromatic hydroxyl groups is 1. The number of allylic oxidation sites excluding steroid dienone is 6. The SMILES string of the molecule is C=C/C=C(\C=C/C)/C=C/c1ccc(B(c2ccccc2)c2ccc3cc(O)ccc3c2)cc1. The van der Waals surface area contributed by atoms with E-state index in [4.69, 9.17) is 0 Å². The number of phenols is 1. The molecule has 0 amide bonds. The van der Waals surface area contributed by atoms with Gasteiger partial charge < -0.3 is 5.11 Å². The van der Waals surface area contributed by atoms with E-state index in [0.717, 1.165) is 21.9 Å². The van der Waals surface area contributed by atoms with Gasteiger partial charge in [-0.2, -0.15) is 0 Å². The summed E-state index contributed by atoms with van der Waals surface area (Å²) in [5.74, 6) is 0.291. The summed E-state index contributed by atoms with van der Waals surface area (Å²) in [6.45, 7) is 5.93. The summed E-state index contributed by atoms with van der Waals surface area (Å²) in [5.41, 5.74) is 5.99. The van der Waals surface area contributed by atoms with Gasteiger partial charge in [-0.25, -0.2) is 0 Å². The Kier molecular flexibility index (Phi) is 7.07.